The van der Waals surface area contributed by atoms with Gasteiger partial charge < -0.3 is 19.9 Å². The molecule has 4 nitrogen and oxygen atoms in total. The van der Waals surface area contributed by atoms with Gasteiger partial charge in [-0.3, -0.25) is 0 Å². The van der Waals surface area contributed by atoms with E-state index in [9.17, 15) is 5.11 Å². The molecule has 22 heavy (non-hydrogen) atoms. The number of hydrogen-bond donors (Lipinski definition) is 2. The largest absolute Gasteiger partial charge is 0.491 e. The van der Waals surface area contributed by atoms with Crippen molar-refractivity contribution in [2.45, 2.75) is 56.8 Å². The van der Waals surface area contributed by atoms with Crippen LogP contribution in [0.3, 0.4) is 0 Å². The molecule has 1 atom stereocenters. The Hall–Kier alpha value is -1.10. The second kappa shape index (κ2) is 7.44. The minimum atomic E-state index is -0.482. The Balaban J connectivity index is 1.39. The quantitative estimate of drug-likeness (QED) is 0.813. The van der Waals surface area contributed by atoms with Crippen LogP contribution in [-0.4, -0.2) is 36.6 Å². The highest BCUT2D eigenvalue weighted by molar-refractivity contribution is 5.27. The molecule has 2 aliphatic rings. The molecule has 0 radical (unpaired) electrons. The fraction of sp³-hybridized carbons (Fsp3) is 0.667. The maximum Gasteiger partial charge on any atom is 0.119 e. The van der Waals surface area contributed by atoms with Crippen molar-refractivity contribution in [1.29, 1.82) is 0 Å². The third-order valence-electron chi connectivity index (χ3n) is 4.70. The highest BCUT2D eigenvalue weighted by Gasteiger charge is 2.30. The standard InChI is InChI=1S/C18H27NO3/c20-18(9-1-2-10-18)14-19-12-15-5-7-16(8-6-15)22-13-17-4-3-11-21-17/h5-8,17,19-20H,1-4,9-14H2. The Kier molecular flexibility index (Phi) is 5.34. The van der Waals surface area contributed by atoms with Crippen LogP contribution in [-0.2, 0) is 11.3 Å². The van der Waals surface area contributed by atoms with Crippen molar-refractivity contribution >= 4 is 0 Å². The Morgan fingerprint density at radius 3 is 2.64 bits per heavy atom. The molecule has 0 spiro atoms. The molecule has 1 saturated carbocycles. The summed E-state index contributed by atoms with van der Waals surface area (Å²) in [4.78, 5) is 0. The maximum atomic E-state index is 10.3. The molecule has 122 valence electrons. The van der Waals surface area contributed by atoms with Crippen LogP contribution in [0.1, 0.15) is 44.1 Å². The number of rotatable bonds is 7. The number of ether oxygens (including phenoxy) is 2. The lowest BCUT2D eigenvalue weighted by atomic mass is 10.0. The summed E-state index contributed by atoms with van der Waals surface area (Å²) in [6.45, 7) is 2.98. The van der Waals surface area contributed by atoms with Crippen LogP contribution in [0.2, 0.25) is 0 Å². The Bertz CT molecular complexity index is 448. The van der Waals surface area contributed by atoms with Crippen molar-refractivity contribution < 1.29 is 14.6 Å². The molecule has 1 aromatic carbocycles. The van der Waals surface area contributed by atoms with E-state index in [1.807, 2.05) is 12.1 Å². The molecule has 0 amide bonds. The van der Waals surface area contributed by atoms with Crippen LogP contribution in [0.15, 0.2) is 24.3 Å². The van der Waals surface area contributed by atoms with E-state index in [0.717, 1.165) is 57.4 Å². The van der Waals surface area contributed by atoms with Gasteiger partial charge in [-0.1, -0.05) is 25.0 Å². The van der Waals surface area contributed by atoms with E-state index in [2.05, 4.69) is 17.4 Å². The first-order valence-corrected chi connectivity index (χ1v) is 8.50. The van der Waals surface area contributed by atoms with Gasteiger partial charge in [0, 0.05) is 19.7 Å². The van der Waals surface area contributed by atoms with Gasteiger partial charge in [-0.15, -0.1) is 0 Å². The molecule has 1 aromatic rings. The summed E-state index contributed by atoms with van der Waals surface area (Å²) < 4.78 is 11.3. The number of nitrogens with one attached hydrogen (secondary N) is 1. The molecular weight excluding hydrogens is 278 g/mol. The van der Waals surface area contributed by atoms with Crippen molar-refractivity contribution in [3.63, 3.8) is 0 Å². The van der Waals surface area contributed by atoms with Gasteiger partial charge in [0.05, 0.1) is 11.7 Å². The zero-order valence-electron chi connectivity index (χ0n) is 13.2. The van der Waals surface area contributed by atoms with E-state index in [-0.39, 0.29) is 6.10 Å². The highest BCUT2D eigenvalue weighted by atomic mass is 16.5. The van der Waals surface area contributed by atoms with Gasteiger partial charge in [0.1, 0.15) is 12.4 Å². The molecule has 0 bridgehead atoms. The number of aliphatic hydroxyl groups is 1. The van der Waals surface area contributed by atoms with Crippen LogP contribution < -0.4 is 10.1 Å². The number of benzene rings is 1. The van der Waals surface area contributed by atoms with Gasteiger partial charge in [0.15, 0.2) is 0 Å². The van der Waals surface area contributed by atoms with Crippen LogP contribution >= 0.6 is 0 Å². The van der Waals surface area contributed by atoms with E-state index in [4.69, 9.17) is 9.47 Å². The molecule has 3 rings (SSSR count). The predicted octanol–water partition coefficient (Wildman–Crippen LogP) is 2.64. The Labute approximate surface area is 132 Å². The summed E-state index contributed by atoms with van der Waals surface area (Å²) in [5, 5.41) is 13.7. The smallest absolute Gasteiger partial charge is 0.119 e. The van der Waals surface area contributed by atoms with Crippen molar-refractivity contribution in [3.8, 4) is 5.75 Å². The minimum absolute atomic E-state index is 0.258. The lowest BCUT2D eigenvalue weighted by molar-refractivity contribution is 0.0475. The predicted molar refractivity (Wildman–Crippen MR) is 86.0 cm³/mol. The third kappa shape index (κ3) is 4.45. The molecule has 1 unspecified atom stereocenters. The molecule has 0 aromatic heterocycles. The first kappa shape index (κ1) is 15.8. The van der Waals surface area contributed by atoms with Crippen molar-refractivity contribution in [1.82, 2.24) is 5.32 Å². The zero-order chi connectivity index (χ0) is 15.3. The Morgan fingerprint density at radius 1 is 1.18 bits per heavy atom. The zero-order valence-corrected chi connectivity index (χ0v) is 13.2. The van der Waals surface area contributed by atoms with Crippen LogP contribution in [0.25, 0.3) is 0 Å². The molecule has 1 saturated heterocycles. The van der Waals surface area contributed by atoms with Gasteiger partial charge in [0.25, 0.3) is 0 Å². The van der Waals surface area contributed by atoms with E-state index >= 15 is 0 Å². The average Bonchev–Trinajstić information content (AvgIpc) is 3.18. The third-order valence-corrected chi connectivity index (χ3v) is 4.70. The topological polar surface area (TPSA) is 50.7 Å². The van der Waals surface area contributed by atoms with E-state index < -0.39 is 5.60 Å². The molecule has 1 heterocycles. The molecule has 4 heteroatoms. The first-order valence-electron chi connectivity index (χ1n) is 8.50. The molecule has 1 aliphatic carbocycles. The van der Waals surface area contributed by atoms with Gasteiger partial charge in [-0.25, -0.2) is 0 Å². The van der Waals surface area contributed by atoms with Crippen LogP contribution in [0.4, 0.5) is 0 Å². The fourth-order valence-corrected chi connectivity index (χ4v) is 3.32. The first-order chi connectivity index (χ1) is 10.7. The lowest BCUT2D eigenvalue weighted by Gasteiger charge is -2.22. The number of hydrogen-bond acceptors (Lipinski definition) is 4. The van der Waals surface area contributed by atoms with Crippen molar-refractivity contribution in [2.75, 3.05) is 19.8 Å². The lowest BCUT2D eigenvalue weighted by Crippen LogP contribution is -2.37. The average molecular weight is 305 g/mol. The van der Waals surface area contributed by atoms with Gasteiger partial charge in [-0.05, 0) is 43.4 Å². The van der Waals surface area contributed by atoms with Crippen LogP contribution in [0.5, 0.6) is 5.75 Å². The monoisotopic (exact) mass is 305 g/mol. The van der Waals surface area contributed by atoms with Gasteiger partial charge in [0.2, 0.25) is 0 Å². The van der Waals surface area contributed by atoms with E-state index in [0.29, 0.717) is 13.2 Å². The Morgan fingerprint density at radius 2 is 1.95 bits per heavy atom. The summed E-state index contributed by atoms with van der Waals surface area (Å²) in [5.41, 5.74) is 0.732. The van der Waals surface area contributed by atoms with Gasteiger partial charge >= 0.3 is 0 Å². The second-order valence-corrected chi connectivity index (χ2v) is 6.62. The normalized spacial score (nSPS) is 23.8. The van der Waals surface area contributed by atoms with Crippen LogP contribution in [0, 0.1) is 0 Å². The van der Waals surface area contributed by atoms with Crippen molar-refractivity contribution in [2.24, 2.45) is 0 Å². The maximum absolute atomic E-state index is 10.3. The second-order valence-electron chi connectivity index (χ2n) is 6.62. The fourth-order valence-electron chi connectivity index (χ4n) is 3.32. The van der Waals surface area contributed by atoms with E-state index in [1.165, 1.54) is 5.56 Å². The summed E-state index contributed by atoms with van der Waals surface area (Å²) >= 11 is 0. The summed E-state index contributed by atoms with van der Waals surface area (Å²) in [6, 6.07) is 8.18. The minimum Gasteiger partial charge on any atom is -0.491 e. The van der Waals surface area contributed by atoms with E-state index in [1.54, 1.807) is 0 Å². The summed E-state index contributed by atoms with van der Waals surface area (Å²) in [5.74, 6) is 0.897. The SMILES string of the molecule is OC1(CNCc2ccc(OCC3CCCO3)cc2)CCCC1. The molecule has 1 aliphatic heterocycles. The molecular formula is C18H27NO3. The molecule has 2 N–H and O–H groups in total. The summed E-state index contributed by atoms with van der Waals surface area (Å²) in [6.07, 6.45) is 6.65. The highest BCUT2D eigenvalue weighted by Crippen LogP contribution is 2.28. The van der Waals surface area contributed by atoms with Gasteiger partial charge in [-0.2, -0.15) is 0 Å². The summed E-state index contributed by atoms with van der Waals surface area (Å²) in [7, 11) is 0. The van der Waals surface area contributed by atoms with Crippen molar-refractivity contribution in [3.05, 3.63) is 29.8 Å². The molecule has 2 fully saturated rings.